The van der Waals surface area contributed by atoms with E-state index in [0.29, 0.717) is 38.4 Å². The highest BCUT2D eigenvalue weighted by Gasteiger charge is 2.22. The number of aliphatic hydroxyl groups is 1. The Balaban J connectivity index is 1.47. The molecule has 27 heavy (non-hydrogen) atoms. The maximum Gasteiger partial charge on any atom is 0.310 e. The van der Waals surface area contributed by atoms with Crippen molar-refractivity contribution >= 4 is 11.4 Å². The van der Waals surface area contributed by atoms with E-state index < -0.39 is 11.0 Å². The Kier molecular flexibility index (Phi) is 6.20. The van der Waals surface area contributed by atoms with Gasteiger partial charge in [0.1, 0.15) is 18.5 Å². The van der Waals surface area contributed by atoms with Crippen LogP contribution in [0, 0.1) is 15.9 Å². The lowest BCUT2D eigenvalue weighted by molar-refractivity contribution is -0.385. The molecule has 1 atom stereocenters. The second-order valence-electron chi connectivity index (χ2n) is 6.43. The molecule has 1 aliphatic heterocycles. The van der Waals surface area contributed by atoms with Gasteiger partial charge in [-0.2, -0.15) is 0 Å². The molecule has 7 nitrogen and oxygen atoms in total. The van der Waals surface area contributed by atoms with Crippen LogP contribution in [0.4, 0.5) is 15.8 Å². The number of nitro benzene ring substituents is 1. The van der Waals surface area contributed by atoms with Gasteiger partial charge in [-0.1, -0.05) is 24.3 Å². The molecule has 0 amide bonds. The van der Waals surface area contributed by atoms with Gasteiger partial charge in [0.2, 0.25) is 0 Å². The lowest BCUT2D eigenvalue weighted by Gasteiger charge is -2.36. The van der Waals surface area contributed by atoms with Crippen LogP contribution < -0.4 is 9.64 Å². The molecular formula is C19H22FN3O4. The number of hydrogen-bond acceptors (Lipinski definition) is 6. The predicted molar refractivity (Wildman–Crippen MR) is 99.7 cm³/mol. The fourth-order valence-electron chi connectivity index (χ4n) is 3.15. The first-order valence-electron chi connectivity index (χ1n) is 8.80. The molecule has 1 unspecified atom stereocenters. The number of para-hydroxylation sites is 3. The van der Waals surface area contributed by atoms with Crippen molar-refractivity contribution in [2.45, 2.75) is 6.10 Å². The second-order valence-corrected chi connectivity index (χ2v) is 6.43. The third-order valence-corrected chi connectivity index (χ3v) is 4.53. The predicted octanol–water partition coefficient (Wildman–Crippen LogP) is 2.30. The van der Waals surface area contributed by atoms with E-state index in [2.05, 4.69) is 4.90 Å². The Morgan fingerprint density at radius 2 is 1.78 bits per heavy atom. The van der Waals surface area contributed by atoms with Gasteiger partial charge in [0, 0.05) is 38.8 Å². The molecule has 0 bridgehead atoms. The van der Waals surface area contributed by atoms with E-state index in [9.17, 15) is 19.6 Å². The number of benzene rings is 2. The van der Waals surface area contributed by atoms with Crippen molar-refractivity contribution in [1.29, 1.82) is 0 Å². The van der Waals surface area contributed by atoms with E-state index >= 15 is 0 Å². The summed E-state index contributed by atoms with van der Waals surface area (Å²) in [5, 5.41) is 21.2. The summed E-state index contributed by atoms with van der Waals surface area (Å²) < 4.78 is 19.3. The Hall–Kier alpha value is -2.71. The van der Waals surface area contributed by atoms with E-state index in [-0.39, 0.29) is 23.9 Å². The summed E-state index contributed by atoms with van der Waals surface area (Å²) in [4.78, 5) is 14.5. The number of piperazine rings is 1. The van der Waals surface area contributed by atoms with Crippen molar-refractivity contribution in [2.24, 2.45) is 0 Å². The van der Waals surface area contributed by atoms with Crippen LogP contribution in [0.5, 0.6) is 5.75 Å². The van der Waals surface area contributed by atoms with Crippen molar-refractivity contribution in [2.75, 3.05) is 44.2 Å². The molecule has 0 aliphatic carbocycles. The van der Waals surface area contributed by atoms with E-state index in [4.69, 9.17) is 4.74 Å². The highest BCUT2D eigenvalue weighted by atomic mass is 19.1. The second kappa shape index (κ2) is 8.79. The summed E-state index contributed by atoms with van der Waals surface area (Å²) in [5.41, 5.74) is 0.473. The van der Waals surface area contributed by atoms with Crippen LogP contribution in [-0.2, 0) is 0 Å². The number of nitrogens with zero attached hydrogens (tertiary/aromatic N) is 3. The molecule has 3 rings (SSSR count). The minimum absolute atomic E-state index is 0.0294. The molecule has 1 heterocycles. The van der Waals surface area contributed by atoms with Crippen molar-refractivity contribution in [3.05, 3.63) is 64.5 Å². The Morgan fingerprint density at radius 3 is 2.48 bits per heavy atom. The minimum Gasteiger partial charge on any atom is -0.484 e. The maximum absolute atomic E-state index is 13.9. The highest BCUT2D eigenvalue weighted by Crippen LogP contribution is 2.26. The quantitative estimate of drug-likeness (QED) is 0.591. The first-order valence-corrected chi connectivity index (χ1v) is 8.80. The molecule has 0 saturated carbocycles. The van der Waals surface area contributed by atoms with Crippen LogP contribution in [0.1, 0.15) is 0 Å². The van der Waals surface area contributed by atoms with Gasteiger partial charge in [-0.3, -0.25) is 15.0 Å². The molecule has 1 saturated heterocycles. The number of nitro groups is 1. The number of aliphatic hydroxyl groups excluding tert-OH is 1. The van der Waals surface area contributed by atoms with E-state index in [1.165, 1.54) is 18.2 Å². The van der Waals surface area contributed by atoms with Crippen LogP contribution in [0.3, 0.4) is 0 Å². The molecule has 1 N–H and O–H groups in total. The highest BCUT2D eigenvalue weighted by molar-refractivity contribution is 5.48. The third-order valence-electron chi connectivity index (χ3n) is 4.53. The zero-order valence-electron chi connectivity index (χ0n) is 14.8. The third kappa shape index (κ3) is 4.93. The molecule has 1 aliphatic rings. The van der Waals surface area contributed by atoms with Crippen LogP contribution in [0.25, 0.3) is 0 Å². The number of ether oxygens (including phenoxy) is 1. The first kappa shape index (κ1) is 19.1. The van der Waals surface area contributed by atoms with Crippen LogP contribution in [-0.4, -0.2) is 60.4 Å². The number of rotatable bonds is 7. The monoisotopic (exact) mass is 375 g/mol. The largest absolute Gasteiger partial charge is 0.484 e. The zero-order chi connectivity index (χ0) is 19.2. The molecule has 2 aromatic carbocycles. The fraction of sp³-hybridized carbons (Fsp3) is 0.368. The summed E-state index contributed by atoms with van der Waals surface area (Å²) in [5.74, 6) is -0.0882. The average molecular weight is 375 g/mol. The van der Waals surface area contributed by atoms with Crippen molar-refractivity contribution in [3.8, 4) is 5.75 Å². The van der Waals surface area contributed by atoms with Gasteiger partial charge in [-0.05, 0) is 18.2 Å². The standard InChI is InChI=1S/C19H22FN3O4/c20-16-5-1-2-6-17(16)22-11-9-21(10-12-22)13-15(24)14-27-19-8-4-3-7-18(19)23(25)26/h1-8,15,24H,9-14H2. The van der Waals surface area contributed by atoms with Crippen LogP contribution >= 0.6 is 0 Å². The number of anilines is 1. The van der Waals surface area contributed by atoms with Gasteiger partial charge >= 0.3 is 5.69 Å². The Morgan fingerprint density at radius 1 is 1.11 bits per heavy atom. The number of halogens is 1. The van der Waals surface area contributed by atoms with Crippen molar-refractivity contribution in [1.82, 2.24) is 4.90 Å². The van der Waals surface area contributed by atoms with Crippen molar-refractivity contribution in [3.63, 3.8) is 0 Å². The Bertz CT molecular complexity index is 781. The maximum atomic E-state index is 13.9. The molecule has 0 aromatic heterocycles. The van der Waals surface area contributed by atoms with Gasteiger partial charge < -0.3 is 14.7 Å². The summed E-state index contributed by atoms with van der Waals surface area (Å²) in [7, 11) is 0. The van der Waals surface area contributed by atoms with E-state index in [0.717, 1.165) is 0 Å². The van der Waals surface area contributed by atoms with Gasteiger partial charge in [0.15, 0.2) is 5.75 Å². The van der Waals surface area contributed by atoms with Crippen LogP contribution in [0.2, 0.25) is 0 Å². The summed E-state index contributed by atoms with van der Waals surface area (Å²) in [6, 6.07) is 12.8. The fourth-order valence-corrected chi connectivity index (χ4v) is 3.15. The van der Waals surface area contributed by atoms with Gasteiger partial charge in [-0.15, -0.1) is 0 Å². The van der Waals surface area contributed by atoms with Crippen LogP contribution in [0.15, 0.2) is 48.5 Å². The topological polar surface area (TPSA) is 79.1 Å². The van der Waals surface area contributed by atoms with Gasteiger partial charge in [-0.25, -0.2) is 4.39 Å². The number of hydrogen-bond donors (Lipinski definition) is 1. The molecule has 0 spiro atoms. The van der Waals surface area contributed by atoms with E-state index in [1.54, 1.807) is 24.3 Å². The molecule has 1 fully saturated rings. The average Bonchev–Trinajstić information content (AvgIpc) is 2.68. The molecular weight excluding hydrogens is 353 g/mol. The number of β-amino-alcohol motifs (C(OH)–C–C–N with tert-alkyl or cyclic N) is 1. The Labute approximate surface area is 156 Å². The van der Waals surface area contributed by atoms with Gasteiger partial charge in [0.05, 0.1) is 10.6 Å². The lowest BCUT2D eigenvalue weighted by atomic mass is 10.2. The summed E-state index contributed by atoms with van der Waals surface area (Å²) in [6.07, 6.45) is -0.773. The van der Waals surface area contributed by atoms with E-state index in [1.807, 2.05) is 11.0 Å². The molecule has 144 valence electrons. The first-order chi connectivity index (χ1) is 13.0. The molecule has 8 heteroatoms. The lowest BCUT2D eigenvalue weighted by Crippen LogP contribution is -2.49. The van der Waals surface area contributed by atoms with Crippen molar-refractivity contribution < 1.29 is 19.2 Å². The summed E-state index contributed by atoms with van der Waals surface area (Å²) >= 11 is 0. The minimum atomic E-state index is -0.773. The summed E-state index contributed by atoms with van der Waals surface area (Å²) in [6.45, 7) is 3.08. The van der Waals surface area contributed by atoms with Gasteiger partial charge in [0.25, 0.3) is 0 Å². The molecule has 0 radical (unpaired) electrons. The SMILES string of the molecule is O=[N+]([O-])c1ccccc1OCC(O)CN1CCN(c2ccccc2F)CC1. The smallest absolute Gasteiger partial charge is 0.310 e. The molecule has 2 aromatic rings. The zero-order valence-corrected chi connectivity index (χ0v) is 14.8. The normalized spacial score (nSPS) is 16.1.